The molecule has 4 rings (SSSR count). The third-order valence-electron chi connectivity index (χ3n) is 6.83. The molecule has 34 heavy (non-hydrogen) atoms. The van der Waals surface area contributed by atoms with Crippen LogP contribution >= 0.6 is 15.9 Å². The lowest BCUT2D eigenvalue weighted by Crippen LogP contribution is -2.39. The average molecular weight is 526 g/mol. The van der Waals surface area contributed by atoms with Gasteiger partial charge in [0.2, 0.25) is 5.91 Å². The van der Waals surface area contributed by atoms with Gasteiger partial charge in [0.1, 0.15) is 5.82 Å². The number of halogens is 1. The summed E-state index contributed by atoms with van der Waals surface area (Å²) in [6, 6.07) is 14.6. The highest BCUT2D eigenvalue weighted by atomic mass is 79.9. The van der Waals surface area contributed by atoms with Crippen LogP contribution in [0.3, 0.4) is 0 Å². The molecule has 2 aromatic carbocycles. The van der Waals surface area contributed by atoms with Crippen molar-refractivity contribution >= 4 is 32.7 Å². The van der Waals surface area contributed by atoms with Crippen LogP contribution in [0.5, 0.6) is 0 Å². The van der Waals surface area contributed by atoms with Crippen LogP contribution in [-0.2, 0) is 9.53 Å². The molecule has 1 aliphatic carbocycles. The molecule has 6 nitrogen and oxygen atoms in total. The van der Waals surface area contributed by atoms with E-state index in [2.05, 4.69) is 15.9 Å². The van der Waals surface area contributed by atoms with Gasteiger partial charge in [-0.15, -0.1) is 0 Å². The molecular weight excluding hydrogens is 494 g/mol. The Hall–Kier alpha value is -2.51. The fourth-order valence-corrected chi connectivity index (χ4v) is 5.17. The van der Waals surface area contributed by atoms with Gasteiger partial charge in [-0.25, -0.2) is 4.98 Å². The minimum absolute atomic E-state index is 0.0845. The largest absolute Gasteiger partial charge is 0.383 e. The van der Waals surface area contributed by atoms with Gasteiger partial charge in [0.15, 0.2) is 0 Å². The van der Waals surface area contributed by atoms with Gasteiger partial charge >= 0.3 is 0 Å². The molecule has 1 unspecified atom stereocenters. The maximum Gasteiger partial charge on any atom is 0.266 e. The van der Waals surface area contributed by atoms with Crippen molar-refractivity contribution in [2.75, 3.05) is 20.3 Å². The Morgan fingerprint density at radius 1 is 1.18 bits per heavy atom. The Balaban J connectivity index is 1.75. The monoisotopic (exact) mass is 525 g/mol. The average Bonchev–Trinajstić information content (AvgIpc) is 3.37. The Kier molecular flexibility index (Phi) is 8.16. The number of ether oxygens (including phenoxy) is 1. The zero-order chi connectivity index (χ0) is 24.1. The molecule has 1 fully saturated rings. The second-order valence-electron chi connectivity index (χ2n) is 9.05. The number of aromatic nitrogens is 2. The second-order valence-corrected chi connectivity index (χ2v) is 9.96. The van der Waals surface area contributed by atoms with E-state index in [0.717, 1.165) is 16.6 Å². The summed E-state index contributed by atoms with van der Waals surface area (Å²) in [5.74, 6) is 1.28. The summed E-state index contributed by atoms with van der Waals surface area (Å²) in [7, 11) is 1.64. The van der Waals surface area contributed by atoms with Crippen molar-refractivity contribution in [3.8, 4) is 5.69 Å². The number of carbonyl (C=O) groups is 1. The lowest BCUT2D eigenvalue weighted by molar-refractivity contribution is -0.134. The van der Waals surface area contributed by atoms with E-state index >= 15 is 0 Å². The Labute approximate surface area is 209 Å². The van der Waals surface area contributed by atoms with Crippen LogP contribution in [0.2, 0.25) is 0 Å². The van der Waals surface area contributed by atoms with Crippen LogP contribution in [0, 0.1) is 5.92 Å². The molecule has 0 aliphatic heterocycles. The molecule has 1 aliphatic rings. The van der Waals surface area contributed by atoms with Gasteiger partial charge in [-0.05, 0) is 55.7 Å². The van der Waals surface area contributed by atoms with E-state index in [-0.39, 0.29) is 11.5 Å². The van der Waals surface area contributed by atoms with Crippen LogP contribution in [0.1, 0.15) is 57.3 Å². The minimum atomic E-state index is -0.396. The first-order chi connectivity index (χ1) is 16.5. The summed E-state index contributed by atoms with van der Waals surface area (Å²) in [4.78, 5) is 33.8. The van der Waals surface area contributed by atoms with E-state index in [0.29, 0.717) is 42.2 Å². The molecule has 0 spiro atoms. The van der Waals surface area contributed by atoms with Gasteiger partial charge in [-0.2, -0.15) is 0 Å². The van der Waals surface area contributed by atoms with Crippen LogP contribution < -0.4 is 5.56 Å². The van der Waals surface area contributed by atoms with Gasteiger partial charge in [0.05, 0.1) is 29.2 Å². The fraction of sp³-hybridized carbons (Fsp3) is 0.444. The SMILES string of the molecule is COCCN(C(=O)CCC1CCCC1)C(C)c1nc2ccccc2c(=O)n1-c1ccc(Br)cc1. The number of para-hydroxylation sites is 1. The topological polar surface area (TPSA) is 64.4 Å². The summed E-state index contributed by atoms with van der Waals surface area (Å²) < 4.78 is 7.89. The quantitative estimate of drug-likeness (QED) is 0.361. The first-order valence-corrected chi connectivity index (χ1v) is 12.8. The number of benzene rings is 2. The van der Waals surface area contributed by atoms with Crippen molar-refractivity contribution in [3.63, 3.8) is 0 Å². The summed E-state index contributed by atoms with van der Waals surface area (Å²) in [5.41, 5.74) is 1.21. The highest BCUT2D eigenvalue weighted by molar-refractivity contribution is 9.10. The number of nitrogens with zero attached hydrogens (tertiary/aromatic N) is 3. The Morgan fingerprint density at radius 2 is 1.88 bits per heavy atom. The lowest BCUT2D eigenvalue weighted by atomic mass is 10.0. The van der Waals surface area contributed by atoms with Gasteiger partial charge < -0.3 is 9.64 Å². The van der Waals surface area contributed by atoms with Gasteiger partial charge in [-0.3, -0.25) is 14.2 Å². The molecule has 0 saturated heterocycles. The van der Waals surface area contributed by atoms with Crippen molar-refractivity contribution in [2.45, 2.75) is 51.5 Å². The molecular formula is C27H32BrN3O3. The maximum absolute atomic E-state index is 13.6. The van der Waals surface area contributed by atoms with E-state index in [1.54, 1.807) is 17.7 Å². The summed E-state index contributed by atoms with van der Waals surface area (Å²) in [6.45, 7) is 2.83. The Bertz CT molecular complexity index is 1190. The number of fused-ring (bicyclic) bond motifs is 1. The van der Waals surface area contributed by atoms with E-state index in [4.69, 9.17) is 9.72 Å². The normalized spacial score (nSPS) is 15.0. The molecule has 0 N–H and O–H groups in total. The highest BCUT2D eigenvalue weighted by Crippen LogP contribution is 2.30. The van der Waals surface area contributed by atoms with Crippen molar-refractivity contribution in [1.82, 2.24) is 14.5 Å². The molecule has 1 atom stereocenters. The van der Waals surface area contributed by atoms with Crippen molar-refractivity contribution in [1.29, 1.82) is 0 Å². The molecule has 0 radical (unpaired) electrons. The zero-order valence-electron chi connectivity index (χ0n) is 19.9. The van der Waals surface area contributed by atoms with Gasteiger partial charge in [-0.1, -0.05) is 53.7 Å². The Morgan fingerprint density at radius 3 is 2.59 bits per heavy atom. The molecule has 1 saturated carbocycles. The number of rotatable bonds is 9. The number of carbonyl (C=O) groups excluding carboxylic acids is 1. The van der Waals surface area contributed by atoms with E-state index in [1.807, 2.05) is 54.3 Å². The smallest absolute Gasteiger partial charge is 0.266 e. The lowest BCUT2D eigenvalue weighted by Gasteiger charge is -2.31. The molecule has 180 valence electrons. The summed E-state index contributed by atoms with van der Waals surface area (Å²) >= 11 is 3.47. The first kappa shape index (κ1) is 24.6. The summed E-state index contributed by atoms with van der Waals surface area (Å²) in [5, 5.41) is 0.553. The van der Waals surface area contributed by atoms with Crippen LogP contribution in [0.4, 0.5) is 0 Å². The number of amides is 1. The van der Waals surface area contributed by atoms with Crippen LogP contribution in [0.25, 0.3) is 16.6 Å². The number of methoxy groups -OCH3 is 1. The zero-order valence-corrected chi connectivity index (χ0v) is 21.5. The summed E-state index contributed by atoms with van der Waals surface area (Å²) in [6.07, 6.45) is 6.40. The van der Waals surface area contributed by atoms with Crippen molar-refractivity contribution < 1.29 is 9.53 Å². The minimum Gasteiger partial charge on any atom is -0.383 e. The molecule has 1 aromatic heterocycles. The number of hydrogen-bond acceptors (Lipinski definition) is 4. The third kappa shape index (κ3) is 5.41. The molecule has 3 aromatic rings. The van der Waals surface area contributed by atoms with Crippen molar-refractivity contribution in [3.05, 3.63) is 69.2 Å². The van der Waals surface area contributed by atoms with Gasteiger partial charge in [0, 0.05) is 24.5 Å². The molecule has 7 heteroatoms. The van der Waals surface area contributed by atoms with Crippen LogP contribution in [0.15, 0.2) is 57.8 Å². The standard InChI is InChI=1S/C27H32BrN3O3/c1-19(30(17-18-34-2)25(32)16-11-20-7-3-4-8-20)26-29-24-10-6-5-9-23(24)27(33)31(26)22-14-12-21(28)13-15-22/h5-6,9-10,12-15,19-20H,3-4,7-8,11,16-18H2,1-2H3. The van der Waals surface area contributed by atoms with E-state index < -0.39 is 6.04 Å². The first-order valence-electron chi connectivity index (χ1n) is 12.1. The van der Waals surface area contributed by atoms with Gasteiger partial charge in [0.25, 0.3) is 5.56 Å². The second kappa shape index (κ2) is 11.3. The predicted molar refractivity (Wildman–Crippen MR) is 138 cm³/mol. The highest BCUT2D eigenvalue weighted by Gasteiger charge is 2.27. The molecule has 1 amide bonds. The molecule has 0 bridgehead atoms. The molecule has 1 heterocycles. The number of hydrogen-bond donors (Lipinski definition) is 0. The fourth-order valence-electron chi connectivity index (χ4n) is 4.90. The predicted octanol–water partition coefficient (Wildman–Crippen LogP) is 5.65. The van der Waals surface area contributed by atoms with E-state index in [1.165, 1.54) is 25.7 Å². The van der Waals surface area contributed by atoms with Crippen LogP contribution in [-0.4, -0.2) is 40.6 Å². The van der Waals surface area contributed by atoms with E-state index in [9.17, 15) is 9.59 Å². The maximum atomic E-state index is 13.6. The van der Waals surface area contributed by atoms with Crippen molar-refractivity contribution in [2.24, 2.45) is 5.92 Å². The third-order valence-corrected chi connectivity index (χ3v) is 7.35.